The largest absolute Gasteiger partial charge is 0.250 e. The van der Waals surface area contributed by atoms with Crippen molar-refractivity contribution in [3.63, 3.8) is 0 Å². The van der Waals surface area contributed by atoms with Crippen LogP contribution < -0.4 is 0 Å². The van der Waals surface area contributed by atoms with Gasteiger partial charge in [-0.3, -0.25) is 4.68 Å². The molecule has 1 rings (SSSR count). The number of aryl methyl sites for hydroxylation is 1. The average molecular weight is 353 g/mol. The first kappa shape index (κ1) is 14.2. The summed E-state index contributed by atoms with van der Waals surface area (Å²) < 4.78 is 1.98. The van der Waals surface area contributed by atoms with Crippen LogP contribution in [0.15, 0.2) is 6.33 Å². The minimum Gasteiger partial charge on any atom is -0.250 e. The van der Waals surface area contributed by atoms with Crippen LogP contribution in [-0.4, -0.2) is 25.4 Å². The zero-order valence-electron chi connectivity index (χ0n) is 9.92. The summed E-state index contributed by atoms with van der Waals surface area (Å²) in [6.07, 6.45) is 5.01. The molecule has 0 saturated heterocycles. The molecule has 0 aromatic carbocycles. The fourth-order valence-corrected chi connectivity index (χ4v) is 3.79. The van der Waals surface area contributed by atoms with Crippen molar-refractivity contribution in [3.05, 3.63) is 12.2 Å². The smallest absolute Gasteiger partial charge is 0.138 e. The Kier molecular flexibility index (Phi) is 5.97. The molecule has 0 amide bonds. The number of hydrogen-bond donors (Lipinski definition) is 0. The molecule has 0 fully saturated rings. The van der Waals surface area contributed by atoms with E-state index in [-0.39, 0.29) is 5.41 Å². The van der Waals surface area contributed by atoms with E-state index in [1.165, 1.54) is 12.8 Å². The van der Waals surface area contributed by atoms with Gasteiger partial charge in [-0.2, -0.15) is 5.10 Å². The van der Waals surface area contributed by atoms with Gasteiger partial charge in [0.05, 0.1) is 0 Å². The van der Waals surface area contributed by atoms with Crippen molar-refractivity contribution in [2.75, 3.05) is 10.7 Å². The van der Waals surface area contributed by atoms with E-state index >= 15 is 0 Å². The SMILES string of the molecule is CCCC(CBr)(CBr)Cc1ncnn1CC. The molecule has 0 aliphatic heterocycles. The first-order valence-corrected chi connectivity index (χ1v) is 7.94. The first-order chi connectivity index (χ1) is 7.71. The highest BCUT2D eigenvalue weighted by molar-refractivity contribution is 9.09. The topological polar surface area (TPSA) is 30.7 Å². The van der Waals surface area contributed by atoms with Gasteiger partial charge in [0.25, 0.3) is 0 Å². The van der Waals surface area contributed by atoms with Crippen LogP contribution >= 0.6 is 31.9 Å². The van der Waals surface area contributed by atoms with E-state index in [4.69, 9.17) is 0 Å². The van der Waals surface area contributed by atoms with Crippen LogP contribution in [0.2, 0.25) is 0 Å². The fourth-order valence-electron chi connectivity index (χ4n) is 1.91. The summed E-state index contributed by atoms with van der Waals surface area (Å²) in [6.45, 7) is 5.22. The molecule has 0 spiro atoms. The van der Waals surface area contributed by atoms with Crippen molar-refractivity contribution < 1.29 is 0 Å². The third kappa shape index (κ3) is 3.29. The lowest BCUT2D eigenvalue weighted by atomic mass is 9.84. The maximum atomic E-state index is 4.36. The summed E-state index contributed by atoms with van der Waals surface area (Å²) in [5, 5.41) is 6.21. The highest BCUT2D eigenvalue weighted by atomic mass is 79.9. The van der Waals surface area contributed by atoms with Gasteiger partial charge in [0.2, 0.25) is 0 Å². The van der Waals surface area contributed by atoms with Gasteiger partial charge in [0.15, 0.2) is 0 Å². The minimum atomic E-state index is 0.259. The Labute approximate surface area is 114 Å². The van der Waals surface area contributed by atoms with Gasteiger partial charge in [0, 0.05) is 23.6 Å². The van der Waals surface area contributed by atoms with Gasteiger partial charge >= 0.3 is 0 Å². The Morgan fingerprint density at radius 2 is 2.00 bits per heavy atom. The number of rotatable bonds is 7. The Bertz CT molecular complexity index is 308. The molecule has 92 valence electrons. The molecule has 1 aromatic heterocycles. The average Bonchev–Trinajstić information content (AvgIpc) is 2.75. The van der Waals surface area contributed by atoms with E-state index in [0.717, 1.165) is 29.5 Å². The molecule has 3 nitrogen and oxygen atoms in total. The minimum absolute atomic E-state index is 0.259. The Balaban J connectivity index is 2.82. The second kappa shape index (κ2) is 6.74. The van der Waals surface area contributed by atoms with Crippen LogP contribution in [0.4, 0.5) is 0 Å². The molecule has 1 heterocycles. The van der Waals surface area contributed by atoms with Crippen molar-refractivity contribution in [2.45, 2.75) is 39.7 Å². The summed E-state index contributed by atoms with van der Waals surface area (Å²) in [5.74, 6) is 1.09. The zero-order chi connectivity index (χ0) is 12.0. The van der Waals surface area contributed by atoms with E-state index in [9.17, 15) is 0 Å². The van der Waals surface area contributed by atoms with Crippen LogP contribution in [0.5, 0.6) is 0 Å². The van der Waals surface area contributed by atoms with Crippen LogP contribution in [0.1, 0.15) is 32.5 Å². The standard InChI is InChI=1S/C11H19Br2N3/c1-3-5-11(7-12,8-13)6-10-14-9-15-16(10)4-2/h9H,3-8H2,1-2H3. The predicted molar refractivity (Wildman–Crippen MR) is 74.3 cm³/mol. The van der Waals surface area contributed by atoms with Crippen LogP contribution in [-0.2, 0) is 13.0 Å². The molecule has 0 radical (unpaired) electrons. The van der Waals surface area contributed by atoms with Crippen molar-refractivity contribution in [3.8, 4) is 0 Å². The molecule has 0 aliphatic rings. The zero-order valence-corrected chi connectivity index (χ0v) is 13.1. The van der Waals surface area contributed by atoms with Crippen LogP contribution in [0, 0.1) is 5.41 Å². The van der Waals surface area contributed by atoms with Crippen molar-refractivity contribution in [1.82, 2.24) is 14.8 Å². The van der Waals surface area contributed by atoms with Gasteiger partial charge in [-0.25, -0.2) is 4.98 Å². The van der Waals surface area contributed by atoms with E-state index in [1.807, 2.05) is 4.68 Å². The van der Waals surface area contributed by atoms with Crippen LogP contribution in [0.25, 0.3) is 0 Å². The molecule has 0 atom stereocenters. The van der Waals surface area contributed by atoms with Crippen molar-refractivity contribution in [1.29, 1.82) is 0 Å². The van der Waals surface area contributed by atoms with Gasteiger partial charge in [0.1, 0.15) is 12.2 Å². The molecule has 1 aromatic rings. The summed E-state index contributed by atoms with van der Waals surface area (Å²) in [4.78, 5) is 4.36. The quantitative estimate of drug-likeness (QED) is 0.704. The second-order valence-corrected chi connectivity index (χ2v) is 5.31. The highest BCUT2D eigenvalue weighted by Crippen LogP contribution is 2.32. The number of halogens is 2. The molecule has 0 unspecified atom stereocenters. The predicted octanol–water partition coefficient (Wildman–Crippen LogP) is 3.42. The first-order valence-electron chi connectivity index (χ1n) is 5.70. The van der Waals surface area contributed by atoms with Gasteiger partial charge < -0.3 is 0 Å². The van der Waals surface area contributed by atoms with E-state index < -0.39 is 0 Å². The molecule has 0 aliphatic carbocycles. The van der Waals surface area contributed by atoms with Gasteiger partial charge in [-0.1, -0.05) is 45.2 Å². The van der Waals surface area contributed by atoms with Gasteiger partial charge in [-0.05, 0) is 18.8 Å². The number of hydrogen-bond acceptors (Lipinski definition) is 2. The molecule has 16 heavy (non-hydrogen) atoms. The number of aromatic nitrogens is 3. The fraction of sp³-hybridized carbons (Fsp3) is 0.818. The highest BCUT2D eigenvalue weighted by Gasteiger charge is 2.29. The monoisotopic (exact) mass is 351 g/mol. The summed E-state index contributed by atoms with van der Waals surface area (Å²) in [5.41, 5.74) is 0.259. The Hall–Kier alpha value is 0.1000. The summed E-state index contributed by atoms with van der Waals surface area (Å²) in [6, 6.07) is 0. The Morgan fingerprint density at radius 1 is 1.31 bits per heavy atom. The number of alkyl halides is 2. The summed E-state index contributed by atoms with van der Waals surface area (Å²) >= 11 is 7.28. The summed E-state index contributed by atoms with van der Waals surface area (Å²) in [7, 11) is 0. The molecule has 0 N–H and O–H groups in total. The van der Waals surface area contributed by atoms with Crippen molar-refractivity contribution >= 4 is 31.9 Å². The maximum absolute atomic E-state index is 4.36. The maximum Gasteiger partial charge on any atom is 0.138 e. The third-order valence-electron chi connectivity index (χ3n) is 2.88. The lowest BCUT2D eigenvalue weighted by Gasteiger charge is -2.29. The third-order valence-corrected chi connectivity index (χ3v) is 5.25. The van der Waals surface area contributed by atoms with E-state index in [1.54, 1.807) is 6.33 Å². The van der Waals surface area contributed by atoms with Crippen molar-refractivity contribution in [2.24, 2.45) is 5.41 Å². The molecular formula is C11H19Br2N3. The Morgan fingerprint density at radius 3 is 2.50 bits per heavy atom. The number of nitrogens with zero attached hydrogens (tertiary/aromatic N) is 3. The normalized spacial score (nSPS) is 12.0. The molecular weight excluding hydrogens is 334 g/mol. The molecule has 0 saturated carbocycles. The second-order valence-electron chi connectivity index (χ2n) is 4.19. The van der Waals surface area contributed by atoms with Crippen LogP contribution in [0.3, 0.4) is 0 Å². The van der Waals surface area contributed by atoms with Gasteiger partial charge in [-0.15, -0.1) is 0 Å². The van der Waals surface area contributed by atoms with E-state index in [2.05, 4.69) is 55.8 Å². The molecule has 0 bridgehead atoms. The lowest BCUT2D eigenvalue weighted by Crippen LogP contribution is -2.29. The lowest BCUT2D eigenvalue weighted by molar-refractivity contribution is 0.336. The van der Waals surface area contributed by atoms with E-state index in [0.29, 0.717) is 0 Å². The molecule has 5 heteroatoms.